The minimum absolute atomic E-state index is 1.02. The maximum Gasteiger partial charge on any atom is 0.143 e. The summed E-state index contributed by atoms with van der Waals surface area (Å²) in [6, 6.07) is 0. The van der Waals surface area contributed by atoms with Crippen molar-refractivity contribution in [2.75, 3.05) is 0 Å². The van der Waals surface area contributed by atoms with Crippen LogP contribution in [0.4, 0.5) is 0 Å². The second-order valence-electron chi connectivity index (χ2n) is 8.57. The number of fused-ring (bicyclic) bond motifs is 4. The van der Waals surface area contributed by atoms with Crippen LogP contribution in [0.2, 0.25) is 18.5 Å². The molecule has 0 heterocycles. The molecule has 1 heteroatoms. The first kappa shape index (κ1) is 11.9. The second kappa shape index (κ2) is 4.03. The van der Waals surface area contributed by atoms with Gasteiger partial charge in [0.05, 0.1) is 0 Å². The van der Waals surface area contributed by atoms with E-state index in [1.54, 1.807) is 38.5 Å². The normalized spacial score (nSPS) is 57.5. The van der Waals surface area contributed by atoms with Crippen molar-refractivity contribution in [2.45, 2.75) is 70.8 Å². The van der Waals surface area contributed by atoms with Crippen molar-refractivity contribution in [3.63, 3.8) is 0 Å². The van der Waals surface area contributed by atoms with E-state index < -0.39 is 0 Å². The standard InChI is InChI=1S/C17H29B/c1-10-14-4-12(5-14)8-16(10)18(3)17-9-13-6-15(7-13)11(17)2/h10-17H,4-9H2,1-3H3. The topological polar surface area (TPSA) is 0 Å². The van der Waals surface area contributed by atoms with Crippen molar-refractivity contribution in [3.05, 3.63) is 0 Å². The zero-order valence-corrected chi connectivity index (χ0v) is 12.4. The third-order valence-corrected chi connectivity index (χ3v) is 7.94. The molecule has 0 nitrogen and oxygen atoms in total. The van der Waals surface area contributed by atoms with E-state index in [1.165, 1.54) is 0 Å². The van der Waals surface area contributed by atoms with Crippen LogP contribution < -0.4 is 0 Å². The van der Waals surface area contributed by atoms with E-state index in [-0.39, 0.29) is 0 Å². The minimum Gasteiger partial charge on any atom is -0.0856 e. The molecule has 0 amide bonds. The zero-order valence-electron chi connectivity index (χ0n) is 12.4. The lowest BCUT2D eigenvalue weighted by Gasteiger charge is -2.56. The molecule has 0 aromatic carbocycles. The maximum atomic E-state index is 2.62. The summed E-state index contributed by atoms with van der Waals surface area (Å²) in [7, 11) is 0. The molecule has 18 heavy (non-hydrogen) atoms. The molecule has 4 unspecified atom stereocenters. The van der Waals surface area contributed by atoms with Gasteiger partial charge in [0.2, 0.25) is 0 Å². The third-order valence-electron chi connectivity index (χ3n) is 7.94. The highest BCUT2D eigenvalue weighted by Crippen LogP contribution is 2.60. The first-order valence-corrected chi connectivity index (χ1v) is 8.63. The number of rotatable bonds is 2. The fourth-order valence-corrected chi connectivity index (χ4v) is 6.42. The molecule has 100 valence electrons. The smallest absolute Gasteiger partial charge is 0.0856 e. The van der Waals surface area contributed by atoms with E-state index in [4.69, 9.17) is 0 Å². The van der Waals surface area contributed by atoms with Crippen molar-refractivity contribution in [1.29, 1.82) is 0 Å². The van der Waals surface area contributed by atoms with Crippen LogP contribution in [0, 0.1) is 35.5 Å². The molecule has 6 rings (SSSR count). The van der Waals surface area contributed by atoms with Gasteiger partial charge in [-0.1, -0.05) is 45.1 Å². The molecule has 0 saturated heterocycles. The molecule has 6 aliphatic rings. The first-order chi connectivity index (χ1) is 8.63. The van der Waals surface area contributed by atoms with Gasteiger partial charge in [0.25, 0.3) is 0 Å². The third kappa shape index (κ3) is 1.58. The fraction of sp³-hybridized carbons (Fsp3) is 1.00. The SMILES string of the molecule is CB(C1CC2CC(C2)C1C)C1CC2CC(C2)C1C. The van der Waals surface area contributed by atoms with Gasteiger partial charge in [0, 0.05) is 0 Å². The Morgan fingerprint density at radius 3 is 1.39 bits per heavy atom. The van der Waals surface area contributed by atoms with Gasteiger partial charge in [-0.05, 0) is 61.2 Å². The van der Waals surface area contributed by atoms with E-state index in [1.807, 2.05) is 0 Å². The van der Waals surface area contributed by atoms with Gasteiger partial charge in [-0.3, -0.25) is 0 Å². The summed E-state index contributed by atoms with van der Waals surface area (Å²) in [4.78, 5) is 0. The van der Waals surface area contributed by atoms with E-state index in [0.717, 1.165) is 53.9 Å². The molecule has 0 N–H and O–H groups in total. The van der Waals surface area contributed by atoms with Gasteiger partial charge in [-0.15, -0.1) is 0 Å². The van der Waals surface area contributed by atoms with Crippen LogP contribution in [0.3, 0.4) is 0 Å². The summed E-state index contributed by atoms with van der Waals surface area (Å²) in [6.45, 7) is 8.80. The highest BCUT2D eigenvalue weighted by atomic mass is 14.5. The molecule has 0 aliphatic heterocycles. The monoisotopic (exact) mass is 244 g/mol. The summed E-state index contributed by atoms with van der Waals surface area (Å²) in [6.07, 6.45) is 9.48. The van der Waals surface area contributed by atoms with Crippen LogP contribution >= 0.6 is 0 Å². The van der Waals surface area contributed by atoms with Gasteiger partial charge in [0.1, 0.15) is 6.71 Å². The van der Waals surface area contributed by atoms with Crippen molar-refractivity contribution in [1.82, 2.24) is 0 Å². The summed E-state index contributed by atoms with van der Waals surface area (Å²) >= 11 is 0. The van der Waals surface area contributed by atoms with E-state index in [0.29, 0.717) is 0 Å². The Labute approximate surface area is 113 Å². The average Bonchev–Trinajstić information content (AvgIpc) is 2.25. The second-order valence-corrected chi connectivity index (χ2v) is 8.57. The summed E-state index contributed by atoms with van der Waals surface area (Å²) in [5.74, 6) is 8.72. The lowest BCUT2D eigenvalue weighted by Crippen LogP contribution is -2.48. The first-order valence-electron chi connectivity index (χ1n) is 8.63. The Kier molecular flexibility index (Phi) is 2.65. The zero-order chi connectivity index (χ0) is 12.4. The molecule has 0 aromatic heterocycles. The van der Waals surface area contributed by atoms with Gasteiger partial charge in [-0.2, -0.15) is 0 Å². The molecular formula is C17H29B. The fourth-order valence-electron chi connectivity index (χ4n) is 6.42. The van der Waals surface area contributed by atoms with Gasteiger partial charge >= 0.3 is 0 Å². The van der Waals surface area contributed by atoms with Crippen LogP contribution in [0.5, 0.6) is 0 Å². The van der Waals surface area contributed by atoms with Crippen LogP contribution in [0.1, 0.15) is 52.4 Å². The number of hydrogen-bond donors (Lipinski definition) is 0. The van der Waals surface area contributed by atoms with Gasteiger partial charge in [0.15, 0.2) is 0 Å². The predicted octanol–water partition coefficient (Wildman–Crippen LogP) is 4.98. The molecule has 6 aliphatic carbocycles. The minimum atomic E-state index is 1.02. The molecular weight excluding hydrogens is 215 g/mol. The van der Waals surface area contributed by atoms with Crippen LogP contribution in [0.15, 0.2) is 0 Å². The van der Waals surface area contributed by atoms with Gasteiger partial charge < -0.3 is 0 Å². The van der Waals surface area contributed by atoms with Gasteiger partial charge in [-0.25, -0.2) is 0 Å². The lowest BCUT2D eigenvalue weighted by molar-refractivity contribution is 0.0450. The van der Waals surface area contributed by atoms with Crippen molar-refractivity contribution in [3.8, 4) is 0 Å². The highest BCUT2D eigenvalue weighted by Gasteiger charge is 2.51. The summed E-state index contributed by atoms with van der Waals surface area (Å²) in [5.41, 5.74) is 0. The Balaban J connectivity index is 1.47. The predicted molar refractivity (Wildman–Crippen MR) is 79.1 cm³/mol. The van der Waals surface area contributed by atoms with E-state index >= 15 is 0 Å². The Hall–Kier alpha value is 0.0649. The largest absolute Gasteiger partial charge is 0.143 e. The molecule has 6 fully saturated rings. The Bertz CT molecular complexity index is 295. The number of hydrogen-bond acceptors (Lipinski definition) is 0. The maximum absolute atomic E-state index is 2.62. The van der Waals surface area contributed by atoms with Crippen molar-refractivity contribution >= 4 is 6.71 Å². The molecule has 4 bridgehead atoms. The van der Waals surface area contributed by atoms with E-state index in [9.17, 15) is 0 Å². The van der Waals surface area contributed by atoms with E-state index in [2.05, 4.69) is 20.7 Å². The lowest BCUT2D eigenvalue weighted by atomic mass is 9.25. The molecule has 0 spiro atoms. The molecule has 6 saturated carbocycles. The quantitative estimate of drug-likeness (QED) is 0.601. The van der Waals surface area contributed by atoms with Crippen LogP contribution in [0.25, 0.3) is 0 Å². The highest BCUT2D eigenvalue weighted by molar-refractivity contribution is 6.61. The summed E-state index contributed by atoms with van der Waals surface area (Å²) < 4.78 is 0. The van der Waals surface area contributed by atoms with Crippen LogP contribution in [-0.4, -0.2) is 6.71 Å². The molecule has 0 aromatic rings. The average molecular weight is 244 g/mol. The Morgan fingerprint density at radius 2 is 1.06 bits per heavy atom. The molecule has 4 atom stereocenters. The Morgan fingerprint density at radius 1 is 0.667 bits per heavy atom. The van der Waals surface area contributed by atoms with Crippen molar-refractivity contribution in [2.24, 2.45) is 35.5 Å². The summed E-state index contributed by atoms with van der Waals surface area (Å²) in [5, 5.41) is 0. The van der Waals surface area contributed by atoms with Crippen molar-refractivity contribution < 1.29 is 0 Å². The molecule has 0 radical (unpaired) electrons. The van der Waals surface area contributed by atoms with Crippen LogP contribution in [-0.2, 0) is 0 Å².